The minimum absolute atomic E-state index is 0.829. The van der Waals surface area contributed by atoms with Crippen molar-refractivity contribution in [3.63, 3.8) is 0 Å². The summed E-state index contributed by atoms with van der Waals surface area (Å²) in [7, 11) is 1.06. The second-order valence-electron chi connectivity index (χ2n) is 9.89. The Morgan fingerprint density at radius 3 is 2.20 bits per heavy atom. The van der Waals surface area contributed by atoms with E-state index in [1.807, 2.05) is 0 Å². The number of fused-ring (bicyclic) bond motifs is 4. The van der Waals surface area contributed by atoms with E-state index in [-0.39, 0.29) is 0 Å². The topological polar surface area (TPSA) is 100 Å². The zero-order valence-electron chi connectivity index (χ0n) is 23.6. The normalized spacial score (nSPS) is 11.3. The molecule has 0 unspecified atom stereocenters. The van der Waals surface area contributed by atoms with Gasteiger partial charge in [0.15, 0.2) is 11.9 Å². The summed E-state index contributed by atoms with van der Waals surface area (Å²) in [5.74, 6) is -0.235. The molecule has 2 heterocycles. The number of pyridine rings is 2. The van der Waals surface area contributed by atoms with Gasteiger partial charge in [-0.15, -0.1) is 0 Å². The van der Waals surface area contributed by atoms with E-state index in [1.54, 1.807) is 7.11 Å². The summed E-state index contributed by atoms with van der Waals surface area (Å²) in [4.78, 5) is 11.8. The molecule has 0 aliphatic heterocycles. The third-order valence-electron chi connectivity index (χ3n) is 6.91. The zero-order valence-corrected chi connectivity index (χ0v) is 24.4. The average molecular weight is 561 g/mol. The molecular weight excluding hydrogens is 528 g/mol. The number of ether oxygens (including phenoxy) is 1. The third-order valence-corrected chi connectivity index (χ3v) is 7.35. The Morgan fingerprint density at radius 1 is 0.900 bits per heavy atom. The number of carbonyl (C=O) groups excluding carboxylic acids is 1. The van der Waals surface area contributed by atoms with Crippen LogP contribution in [0.4, 0.5) is 5.69 Å². The van der Waals surface area contributed by atoms with E-state index >= 15 is 0 Å². The Bertz CT molecular complexity index is 1880. The fourth-order valence-corrected chi connectivity index (χ4v) is 5.09. The second kappa shape index (κ2) is 11.1. The first-order chi connectivity index (χ1) is 18.8. The number of hydrogen-bond acceptors (Lipinski definition) is 7. The van der Waals surface area contributed by atoms with Gasteiger partial charge in [-0.3, -0.25) is 4.79 Å². The standard InChI is InChI=1S/C29H29N2O.C2H4O5S/c1-18-12-23-15-28-26-17-27(21-8-7-9-24(14-21)30(4)5)29(32-6)16-22(26)10-11-31(28)20(3)25(23)13-19(18)2;1-2(3)7-8(4,5)6/h7-17H,1-6H3;1H3,(H,4,5,6)/q+1;/p-1. The molecular formula is C31H32N2O6S. The van der Waals surface area contributed by atoms with Gasteiger partial charge in [0.25, 0.3) is 10.4 Å². The average Bonchev–Trinajstić information content (AvgIpc) is 2.88. The van der Waals surface area contributed by atoms with Crippen LogP contribution in [0.5, 0.6) is 5.75 Å². The Hall–Kier alpha value is -4.21. The quantitative estimate of drug-likeness (QED) is 0.0953. The summed E-state index contributed by atoms with van der Waals surface area (Å²) in [5.41, 5.74) is 8.55. The smallest absolute Gasteiger partial charge is 0.318 e. The lowest BCUT2D eigenvalue weighted by molar-refractivity contribution is -0.516. The SMILES string of the molecule is CC(=O)OS(=O)(=O)[O-].COc1cc2cc[n+]3c(C)c4cc(C)c(C)cc4cc3c2cc1-c1cccc(N(C)C)c1. The molecule has 0 saturated heterocycles. The maximum Gasteiger partial charge on any atom is 0.318 e. The molecule has 8 nitrogen and oxygen atoms in total. The Balaban J connectivity index is 0.000000406. The zero-order chi connectivity index (χ0) is 29.4. The molecule has 0 saturated carbocycles. The number of aryl methyl sites for hydroxylation is 3. The van der Waals surface area contributed by atoms with Crippen LogP contribution < -0.4 is 14.0 Å². The van der Waals surface area contributed by atoms with Crippen LogP contribution in [0.2, 0.25) is 0 Å². The van der Waals surface area contributed by atoms with Gasteiger partial charge < -0.3 is 18.4 Å². The van der Waals surface area contributed by atoms with Crippen LogP contribution in [0.3, 0.4) is 0 Å². The van der Waals surface area contributed by atoms with Crippen molar-refractivity contribution in [2.24, 2.45) is 0 Å². The minimum atomic E-state index is -4.82. The molecule has 2 aromatic heterocycles. The van der Waals surface area contributed by atoms with Gasteiger partial charge in [0, 0.05) is 56.7 Å². The lowest BCUT2D eigenvalue weighted by Crippen LogP contribution is -2.25. The number of carbonyl (C=O) groups is 1. The monoisotopic (exact) mass is 560 g/mol. The molecule has 40 heavy (non-hydrogen) atoms. The molecule has 0 atom stereocenters. The fraction of sp³-hybridized carbons (Fsp3) is 0.226. The van der Waals surface area contributed by atoms with E-state index in [0.717, 1.165) is 23.8 Å². The van der Waals surface area contributed by atoms with Crippen LogP contribution in [0.15, 0.2) is 66.9 Å². The van der Waals surface area contributed by atoms with Crippen molar-refractivity contribution in [2.45, 2.75) is 27.7 Å². The van der Waals surface area contributed by atoms with Crippen molar-refractivity contribution >= 4 is 49.1 Å². The predicted octanol–water partition coefficient (Wildman–Crippen LogP) is 5.41. The Labute approximate surface area is 234 Å². The minimum Gasteiger partial charge on any atom is -0.716 e. The van der Waals surface area contributed by atoms with Crippen LogP contribution >= 0.6 is 0 Å². The third kappa shape index (κ3) is 6.00. The first-order valence-electron chi connectivity index (χ1n) is 12.6. The first kappa shape index (κ1) is 28.8. The summed E-state index contributed by atoms with van der Waals surface area (Å²) >= 11 is 0. The second-order valence-corrected chi connectivity index (χ2v) is 10.9. The highest BCUT2D eigenvalue weighted by Gasteiger charge is 2.18. The first-order valence-corrected chi connectivity index (χ1v) is 13.9. The van der Waals surface area contributed by atoms with E-state index < -0.39 is 16.4 Å². The number of benzene rings is 3. The molecule has 0 amide bonds. The van der Waals surface area contributed by atoms with Crippen LogP contribution in [0.25, 0.3) is 38.2 Å². The highest BCUT2D eigenvalue weighted by Crippen LogP contribution is 2.37. The van der Waals surface area contributed by atoms with Gasteiger partial charge in [0.05, 0.1) is 12.5 Å². The molecule has 0 radical (unpaired) electrons. The van der Waals surface area contributed by atoms with Gasteiger partial charge in [-0.2, -0.15) is 4.40 Å². The molecule has 0 spiro atoms. The molecule has 0 aliphatic carbocycles. The lowest BCUT2D eigenvalue weighted by atomic mass is 9.97. The van der Waals surface area contributed by atoms with Crippen molar-refractivity contribution in [3.8, 4) is 16.9 Å². The lowest BCUT2D eigenvalue weighted by Gasteiger charge is -2.16. The number of nitrogens with zero attached hydrogens (tertiary/aromatic N) is 2. The highest BCUT2D eigenvalue weighted by molar-refractivity contribution is 7.81. The van der Waals surface area contributed by atoms with Gasteiger partial charge in [-0.25, -0.2) is 8.42 Å². The van der Waals surface area contributed by atoms with Crippen LogP contribution in [0.1, 0.15) is 23.7 Å². The molecule has 9 heteroatoms. The van der Waals surface area contributed by atoms with Gasteiger partial charge >= 0.3 is 5.97 Å². The molecule has 0 aliphatic rings. The summed E-state index contributed by atoms with van der Waals surface area (Å²) < 4.78 is 39.7. The van der Waals surface area contributed by atoms with E-state index in [9.17, 15) is 17.8 Å². The molecule has 5 aromatic rings. The van der Waals surface area contributed by atoms with E-state index in [0.29, 0.717) is 0 Å². The van der Waals surface area contributed by atoms with E-state index in [1.165, 1.54) is 49.6 Å². The van der Waals surface area contributed by atoms with Crippen molar-refractivity contribution in [1.82, 2.24) is 0 Å². The Kier molecular flexibility index (Phi) is 8.00. The maximum atomic E-state index is 9.66. The molecule has 3 aromatic carbocycles. The maximum absolute atomic E-state index is 9.66. The molecule has 0 fully saturated rings. The fourth-order valence-electron chi connectivity index (χ4n) is 4.80. The van der Waals surface area contributed by atoms with Gasteiger partial charge in [-0.1, -0.05) is 18.2 Å². The largest absolute Gasteiger partial charge is 0.716 e. The molecule has 208 valence electrons. The van der Waals surface area contributed by atoms with Crippen LogP contribution in [-0.4, -0.2) is 40.1 Å². The Morgan fingerprint density at radius 2 is 1.60 bits per heavy atom. The predicted molar refractivity (Wildman–Crippen MR) is 157 cm³/mol. The number of anilines is 1. The molecule has 0 N–H and O–H groups in total. The summed E-state index contributed by atoms with van der Waals surface area (Å²) in [6.07, 6.45) is 2.17. The van der Waals surface area contributed by atoms with Crippen molar-refractivity contribution in [3.05, 3.63) is 83.7 Å². The highest BCUT2D eigenvalue weighted by atomic mass is 32.3. The number of rotatable bonds is 4. The van der Waals surface area contributed by atoms with Gasteiger partial charge in [0.1, 0.15) is 5.75 Å². The molecule has 0 bridgehead atoms. The molecule has 5 rings (SSSR count). The summed E-state index contributed by atoms with van der Waals surface area (Å²) in [6.45, 7) is 7.41. The number of methoxy groups -OCH3 is 1. The summed E-state index contributed by atoms with van der Waals surface area (Å²) in [6, 6.07) is 22.2. The van der Waals surface area contributed by atoms with Crippen molar-refractivity contribution in [1.29, 1.82) is 0 Å². The number of aromatic nitrogens is 1. The van der Waals surface area contributed by atoms with Crippen LogP contribution in [0, 0.1) is 20.8 Å². The van der Waals surface area contributed by atoms with E-state index in [2.05, 4.69) is 115 Å². The van der Waals surface area contributed by atoms with Gasteiger partial charge in [0.2, 0.25) is 5.52 Å². The van der Waals surface area contributed by atoms with E-state index in [4.69, 9.17) is 4.74 Å². The number of hydrogen-bond donors (Lipinski definition) is 0. The van der Waals surface area contributed by atoms with Gasteiger partial charge in [-0.05, 0) is 71.6 Å². The van der Waals surface area contributed by atoms with Crippen molar-refractivity contribution in [2.75, 3.05) is 26.1 Å². The van der Waals surface area contributed by atoms with Crippen molar-refractivity contribution < 1.29 is 31.1 Å². The summed E-state index contributed by atoms with van der Waals surface area (Å²) in [5, 5.41) is 4.99. The van der Waals surface area contributed by atoms with Crippen LogP contribution in [-0.2, 0) is 19.4 Å².